The molecule has 3 aromatic rings. The number of fused-ring (bicyclic) bond motifs is 1. The van der Waals surface area contributed by atoms with E-state index in [1.54, 1.807) is 0 Å². The molecule has 0 radical (unpaired) electrons. The van der Waals surface area contributed by atoms with Crippen molar-refractivity contribution in [1.29, 1.82) is 0 Å². The summed E-state index contributed by atoms with van der Waals surface area (Å²) in [5.74, 6) is -1.47. The second-order valence-corrected chi connectivity index (χ2v) is 7.21. The van der Waals surface area contributed by atoms with E-state index in [9.17, 15) is 20.4 Å². The zero-order chi connectivity index (χ0) is 20.4. The number of aliphatic hydroxyl groups is 4. The van der Waals surface area contributed by atoms with E-state index in [0.717, 1.165) is 10.8 Å². The van der Waals surface area contributed by atoms with E-state index in [-0.39, 0.29) is 0 Å². The lowest BCUT2D eigenvalue weighted by molar-refractivity contribution is -0.354. The van der Waals surface area contributed by atoms with E-state index in [1.165, 1.54) is 0 Å². The Morgan fingerprint density at radius 3 is 2.21 bits per heavy atom. The van der Waals surface area contributed by atoms with E-state index >= 15 is 0 Å². The fourth-order valence-electron chi connectivity index (χ4n) is 3.83. The average Bonchev–Trinajstić information content (AvgIpc) is 2.79. The maximum absolute atomic E-state index is 10.5. The second kappa shape index (κ2) is 8.20. The molecule has 0 aromatic heterocycles. The highest BCUT2D eigenvalue weighted by atomic mass is 16.7. The predicted molar refractivity (Wildman–Crippen MR) is 107 cm³/mol. The molecular weight excluding hydrogens is 372 g/mol. The summed E-state index contributed by atoms with van der Waals surface area (Å²) in [6.07, 6.45) is -4.81. The molecule has 0 amide bonds. The van der Waals surface area contributed by atoms with Gasteiger partial charge in [-0.25, -0.2) is 0 Å². The maximum Gasteiger partial charge on any atom is 0.223 e. The van der Waals surface area contributed by atoms with Gasteiger partial charge < -0.3 is 29.9 Å². The fraction of sp³-hybridized carbons (Fsp3) is 0.304. The molecule has 1 aliphatic heterocycles. The Bertz CT molecular complexity index is 962. The Labute approximate surface area is 168 Å². The minimum atomic E-state index is -1.47. The molecule has 29 heavy (non-hydrogen) atoms. The van der Waals surface area contributed by atoms with E-state index in [4.69, 9.17) is 9.47 Å². The van der Waals surface area contributed by atoms with Crippen LogP contribution in [-0.4, -0.2) is 58.1 Å². The summed E-state index contributed by atoms with van der Waals surface area (Å²) in [6.45, 7) is -1.07. The lowest BCUT2D eigenvalue weighted by Crippen LogP contribution is -2.60. The zero-order valence-electron chi connectivity index (χ0n) is 15.8. The molecule has 0 aliphatic carbocycles. The van der Waals surface area contributed by atoms with Crippen LogP contribution in [0.3, 0.4) is 0 Å². The van der Waals surface area contributed by atoms with Crippen LogP contribution in [0, 0.1) is 0 Å². The first kappa shape index (κ1) is 20.0. The maximum atomic E-state index is 10.5. The quantitative estimate of drug-likeness (QED) is 0.522. The molecule has 3 aromatic carbocycles. The summed E-state index contributed by atoms with van der Waals surface area (Å²) in [5.41, 5.74) is 1.30. The smallest absolute Gasteiger partial charge is 0.223 e. The molecule has 6 nitrogen and oxygen atoms in total. The molecule has 0 saturated carbocycles. The van der Waals surface area contributed by atoms with Crippen molar-refractivity contribution < 1.29 is 29.9 Å². The third-order valence-electron chi connectivity index (χ3n) is 5.37. The number of hydrogen-bond acceptors (Lipinski definition) is 6. The first-order valence-electron chi connectivity index (χ1n) is 9.57. The van der Waals surface area contributed by atoms with Crippen LogP contribution in [0.2, 0.25) is 0 Å². The minimum absolute atomic E-state index is 0.471. The molecule has 4 rings (SSSR count). The van der Waals surface area contributed by atoms with Crippen molar-refractivity contribution in [2.75, 3.05) is 13.2 Å². The molecule has 4 N–H and O–H groups in total. The monoisotopic (exact) mass is 396 g/mol. The van der Waals surface area contributed by atoms with Crippen molar-refractivity contribution in [3.8, 4) is 0 Å². The number of aliphatic hydroxyl groups excluding tert-OH is 4. The van der Waals surface area contributed by atoms with E-state index < -0.39 is 43.4 Å². The van der Waals surface area contributed by atoms with Gasteiger partial charge in [0.15, 0.2) is 0 Å². The molecule has 1 fully saturated rings. The van der Waals surface area contributed by atoms with Gasteiger partial charge in [-0.2, -0.15) is 0 Å². The van der Waals surface area contributed by atoms with Gasteiger partial charge in [0.05, 0.1) is 13.2 Å². The number of ether oxygens (including phenoxy) is 2. The fourth-order valence-corrected chi connectivity index (χ4v) is 3.83. The molecule has 6 heteroatoms. The third kappa shape index (κ3) is 3.55. The highest BCUT2D eigenvalue weighted by molar-refractivity contribution is 5.83. The largest absolute Gasteiger partial charge is 0.394 e. The molecule has 152 valence electrons. The number of rotatable bonds is 5. The van der Waals surface area contributed by atoms with E-state index in [0.29, 0.717) is 11.1 Å². The van der Waals surface area contributed by atoms with Gasteiger partial charge in [0.25, 0.3) is 0 Å². The summed E-state index contributed by atoms with van der Waals surface area (Å²) in [4.78, 5) is 0. The zero-order valence-corrected chi connectivity index (χ0v) is 15.8. The second-order valence-electron chi connectivity index (χ2n) is 7.21. The molecular formula is C23H24O6. The van der Waals surface area contributed by atoms with Gasteiger partial charge in [-0.05, 0) is 16.8 Å². The van der Waals surface area contributed by atoms with Gasteiger partial charge in [0.2, 0.25) is 5.79 Å². The van der Waals surface area contributed by atoms with Gasteiger partial charge in [0, 0.05) is 11.1 Å². The number of benzene rings is 3. The van der Waals surface area contributed by atoms with Crippen LogP contribution >= 0.6 is 0 Å². The van der Waals surface area contributed by atoms with Crippen LogP contribution < -0.4 is 0 Å². The van der Waals surface area contributed by atoms with Crippen molar-refractivity contribution in [2.24, 2.45) is 0 Å². The van der Waals surface area contributed by atoms with E-state index in [2.05, 4.69) is 0 Å². The molecule has 0 bridgehead atoms. The van der Waals surface area contributed by atoms with E-state index in [1.807, 2.05) is 72.8 Å². The third-order valence-corrected chi connectivity index (χ3v) is 5.37. The molecule has 1 aliphatic rings. The van der Waals surface area contributed by atoms with Gasteiger partial charge in [0.1, 0.15) is 24.4 Å². The topological polar surface area (TPSA) is 99.4 Å². The Hall–Kier alpha value is -2.32. The van der Waals surface area contributed by atoms with Crippen molar-refractivity contribution in [2.45, 2.75) is 30.2 Å². The Kier molecular flexibility index (Phi) is 5.65. The van der Waals surface area contributed by atoms with Crippen molar-refractivity contribution in [1.82, 2.24) is 0 Å². The summed E-state index contributed by atoms with van der Waals surface area (Å²) in [6, 6.07) is 22.8. The number of hydrogen-bond donors (Lipinski definition) is 4. The highest BCUT2D eigenvalue weighted by Gasteiger charge is 2.51. The lowest BCUT2D eigenvalue weighted by atomic mass is 9.91. The molecule has 1 heterocycles. The summed E-state index contributed by atoms with van der Waals surface area (Å²) in [5, 5.41) is 42.2. The molecule has 0 spiro atoms. The average molecular weight is 396 g/mol. The first-order chi connectivity index (χ1) is 14.1. The standard InChI is InChI=1S/C23H24O6/c24-13-19(26)22-21(27)20(14-25)28-23(29-22,17-8-2-1-3-9-17)18-11-10-15-6-4-5-7-16(15)12-18/h1-12,19-22,24-27H,13-14H2/t19-,20+,21-,22-,23?/m1/s1. The van der Waals surface area contributed by atoms with Crippen LogP contribution in [0.1, 0.15) is 11.1 Å². The van der Waals surface area contributed by atoms with Crippen molar-refractivity contribution in [3.05, 3.63) is 83.9 Å². The van der Waals surface area contributed by atoms with Crippen LogP contribution in [0.15, 0.2) is 72.8 Å². The van der Waals surface area contributed by atoms with Gasteiger partial charge >= 0.3 is 0 Å². The molecule has 5 atom stereocenters. The normalized spacial score (nSPS) is 28.3. The SMILES string of the molecule is OC[C@@H](O)[C@H]1OC(c2ccccc2)(c2ccc3ccccc3c2)O[C@@H](CO)[C@H]1O. The molecule has 1 unspecified atom stereocenters. The first-order valence-corrected chi connectivity index (χ1v) is 9.57. The summed E-state index contributed by atoms with van der Waals surface area (Å²) in [7, 11) is 0. The van der Waals surface area contributed by atoms with Gasteiger partial charge in [-0.3, -0.25) is 0 Å². The Morgan fingerprint density at radius 1 is 0.828 bits per heavy atom. The minimum Gasteiger partial charge on any atom is -0.394 e. The summed E-state index contributed by atoms with van der Waals surface area (Å²) < 4.78 is 12.4. The summed E-state index contributed by atoms with van der Waals surface area (Å²) >= 11 is 0. The van der Waals surface area contributed by atoms with Crippen molar-refractivity contribution in [3.63, 3.8) is 0 Å². The highest BCUT2D eigenvalue weighted by Crippen LogP contribution is 2.43. The Balaban J connectivity index is 1.90. The lowest BCUT2D eigenvalue weighted by Gasteiger charge is -2.48. The van der Waals surface area contributed by atoms with Crippen LogP contribution in [0.4, 0.5) is 0 Å². The predicted octanol–water partition coefficient (Wildman–Crippen LogP) is 1.53. The van der Waals surface area contributed by atoms with Crippen LogP contribution in [0.5, 0.6) is 0 Å². The van der Waals surface area contributed by atoms with Crippen LogP contribution in [-0.2, 0) is 15.3 Å². The van der Waals surface area contributed by atoms with Crippen LogP contribution in [0.25, 0.3) is 10.8 Å². The van der Waals surface area contributed by atoms with Gasteiger partial charge in [-0.15, -0.1) is 0 Å². The van der Waals surface area contributed by atoms with Gasteiger partial charge in [-0.1, -0.05) is 66.7 Å². The Morgan fingerprint density at radius 2 is 1.52 bits per heavy atom. The van der Waals surface area contributed by atoms with Crippen molar-refractivity contribution >= 4 is 10.8 Å². The molecule has 1 saturated heterocycles.